The van der Waals surface area contributed by atoms with Crippen LogP contribution in [0.5, 0.6) is 5.75 Å². The summed E-state index contributed by atoms with van der Waals surface area (Å²) in [6.07, 6.45) is 3.88. The Bertz CT molecular complexity index is 334. The lowest BCUT2D eigenvalue weighted by atomic mass is 10.0. The molecule has 0 aliphatic carbocycles. The molecule has 1 aliphatic rings. The molecule has 1 heterocycles. The standard InChI is InChI=1S/C13H20N2O/c1-15(10-11-5-2-3-8-14-11)12-6-4-7-13(16)9-12/h4,6-7,9,11,14,16H,2-3,5,8,10H2,1H3. The number of hydrogen-bond acceptors (Lipinski definition) is 3. The second kappa shape index (κ2) is 5.21. The van der Waals surface area contributed by atoms with Crippen LogP contribution in [-0.2, 0) is 0 Å². The molecule has 1 fully saturated rings. The summed E-state index contributed by atoms with van der Waals surface area (Å²) in [6, 6.07) is 8.01. The normalized spacial score (nSPS) is 20.7. The summed E-state index contributed by atoms with van der Waals surface area (Å²) in [5.41, 5.74) is 1.08. The van der Waals surface area contributed by atoms with Crippen LogP contribution in [0, 0.1) is 0 Å². The van der Waals surface area contributed by atoms with Crippen LogP contribution in [0.2, 0.25) is 0 Å². The summed E-state index contributed by atoms with van der Waals surface area (Å²) in [5, 5.41) is 13.0. The van der Waals surface area contributed by atoms with Gasteiger partial charge in [0.1, 0.15) is 5.75 Å². The lowest BCUT2D eigenvalue weighted by molar-refractivity contribution is 0.403. The molecule has 0 bridgehead atoms. The number of phenols is 1. The van der Waals surface area contributed by atoms with Gasteiger partial charge in [-0.3, -0.25) is 0 Å². The van der Waals surface area contributed by atoms with Crippen LogP contribution in [0.4, 0.5) is 5.69 Å². The molecule has 0 spiro atoms. The number of nitrogens with zero attached hydrogens (tertiary/aromatic N) is 1. The first kappa shape index (κ1) is 11.3. The number of anilines is 1. The molecule has 1 unspecified atom stereocenters. The highest BCUT2D eigenvalue weighted by Crippen LogP contribution is 2.19. The maximum atomic E-state index is 9.43. The molecule has 1 aromatic carbocycles. The maximum absolute atomic E-state index is 9.43. The first-order valence-corrected chi connectivity index (χ1v) is 5.99. The molecule has 88 valence electrons. The summed E-state index contributed by atoms with van der Waals surface area (Å²) < 4.78 is 0. The van der Waals surface area contributed by atoms with E-state index in [1.807, 2.05) is 18.2 Å². The molecule has 0 amide bonds. The van der Waals surface area contributed by atoms with Crippen molar-refractivity contribution in [1.29, 1.82) is 0 Å². The lowest BCUT2D eigenvalue weighted by Gasteiger charge is -2.29. The van der Waals surface area contributed by atoms with Crippen LogP contribution in [-0.4, -0.2) is 31.3 Å². The topological polar surface area (TPSA) is 35.5 Å². The van der Waals surface area contributed by atoms with Crippen molar-refractivity contribution in [3.8, 4) is 5.75 Å². The van der Waals surface area contributed by atoms with Gasteiger partial charge in [0, 0.05) is 31.4 Å². The van der Waals surface area contributed by atoms with Gasteiger partial charge in [-0.25, -0.2) is 0 Å². The second-order valence-corrected chi connectivity index (χ2v) is 4.55. The van der Waals surface area contributed by atoms with E-state index in [4.69, 9.17) is 0 Å². The van der Waals surface area contributed by atoms with E-state index in [0.29, 0.717) is 11.8 Å². The number of aromatic hydroxyl groups is 1. The summed E-state index contributed by atoms with van der Waals surface area (Å²) in [7, 11) is 2.07. The maximum Gasteiger partial charge on any atom is 0.117 e. The Morgan fingerprint density at radius 3 is 3.00 bits per heavy atom. The van der Waals surface area contributed by atoms with Gasteiger partial charge >= 0.3 is 0 Å². The van der Waals surface area contributed by atoms with Crippen LogP contribution in [0.15, 0.2) is 24.3 Å². The minimum atomic E-state index is 0.334. The highest BCUT2D eigenvalue weighted by Gasteiger charge is 2.14. The van der Waals surface area contributed by atoms with E-state index in [1.54, 1.807) is 6.07 Å². The molecule has 1 aliphatic heterocycles. The molecule has 0 saturated carbocycles. The molecule has 3 heteroatoms. The largest absolute Gasteiger partial charge is 0.508 e. The molecule has 16 heavy (non-hydrogen) atoms. The Kier molecular flexibility index (Phi) is 3.67. The van der Waals surface area contributed by atoms with Crippen LogP contribution >= 0.6 is 0 Å². The Morgan fingerprint density at radius 1 is 1.44 bits per heavy atom. The number of piperidine rings is 1. The van der Waals surface area contributed by atoms with Gasteiger partial charge in [-0.2, -0.15) is 0 Å². The molecular weight excluding hydrogens is 200 g/mol. The van der Waals surface area contributed by atoms with E-state index in [-0.39, 0.29) is 0 Å². The monoisotopic (exact) mass is 220 g/mol. The van der Waals surface area contributed by atoms with E-state index < -0.39 is 0 Å². The average molecular weight is 220 g/mol. The van der Waals surface area contributed by atoms with Crippen molar-refractivity contribution >= 4 is 5.69 Å². The number of benzene rings is 1. The van der Waals surface area contributed by atoms with Gasteiger partial charge in [0.2, 0.25) is 0 Å². The van der Waals surface area contributed by atoms with E-state index >= 15 is 0 Å². The molecule has 1 aromatic rings. The molecule has 2 N–H and O–H groups in total. The fraction of sp³-hybridized carbons (Fsp3) is 0.538. The number of rotatable bonds is 3. The van der Waals surface area contributed by atoms with Crippen molar-refractivity contribution in [3.05, 3.63) is 24.3 Å². The molecule has 1 saturated heterocycles. The smallest absolute Gasteiger partial charge is 0.117 e. The third kappa shape index (κ3) is 2.89. The predicted octanol–water partition coefficient (Wildman–Crippen LogP) is 1.97. The molecule has 3 nitrogen and oxygen atoms in total. The molecule has 0 radical (unpaired) electrons. The molecule has 2 rings (SSSR count). The molecular formula is C13H20N2O. The number of likely N-dealkylation sites (N-methyl/N-ethyl adjacent to an activating group) is 1. The third-order valence-corrected chi connectivity index (χ3v) is 3.18. The zero-order valence-electron chi connectivity index (χ0n) is 9.82. The zero-order chi connectivity index (χ0) is 11.4. The Morgan fingerprint density at radius 2 is 2.31 bits per heavy atom. The van der Waals surface area contributed by atoms with Gasteiger partial charge < -0.3 is 15.3 Å². The molecule has 0 aromatic heterocycles. The first-order valence-electron chi connectivity index (χ1n) is 5.99. The Labute approximate surface area is 97.1 Å². The number of hydrogen-bond donors (Lipinski definition) is 2. The highest BCUT2D eigenvalue weighted by molar-refractivity contribution is 5.49. The van der Waals surface area contributed by atoms with Crippen molar-refractivity contribution in [2.45, 2.75) is 25.3 Å². The van der Waals surface area contributed by atoms with Gasteiger partial charge in [-0.1, -0.05) is 12.5 Å². The van der Waals surface area contributed by atoms with Crippen molar-refractivity contribution in [3.63, 3.8) is 0 Å². The fourth-order valence-electron chi connectivity index (χ4n) is 2.25. The minimum absolute atomic E-state index is 0.334. The summed E-state index contributed by atoms with van der Waals surface area (Å²) in [6.45, 7) is 2.14. The number of nitrogens with one attached hydrogen (secondary N) is 1. The Balaban J connectivity index is 1.94. The Hall–Kier alpha value is -1.22. The van der Waals surface area contributed by atoms with Crippen LogP contribution in [0.25, 0.3) is 0 Å². The van der Waals surface area contributed by atoms with Crippen LogP contribution in [0.1, 0.15) is 19.3 Å². The van der Waals surface area contributed by atoms with Gasteiger partial charge in [0.05, 0.1) is 0 Å². The summed E-state index contributed by atoms with van der Waals surface area (Å²) >= 11 is 0. The highest BCUT2D eigenvalue weighted by atomic mass is 16.3. The zero-order valence-corrected chi connectivity index (χ0v) is 9.82. The summed E-state index contributed by atoms with van der Waals surface area (Å²) in [4.78, 5) is 2.20. The van der Waals surface area contributed by atoms with E-state index in [0.717, 1.165) is 18.8 Å². The van der Waals surface area contributed by atoms with Crippen molar-refractivity contribution in [1.82, 2.24) is 5.32 Å². The lowest BCUT2D eigenvalue weighted by Crippen LogP contribution is -2.42. The average Bonchev–Trinajstić information content (AvgIpc) is 2.30. The van der Waals surface area contributed by atoms with Crippen molar-refractivity contribution in [2.24, 2.45) is 0 Å². The third-order valence-electron chi connectivity index (χ3n) is 3.18. The summed E-state index contributed by atoms with van der Waals surface area (Å²) in [5.74, 6) is 0.334. The fourth-order valence-corrected chi connectivity index (χ4v) is 2.25. The van der Waals surface area contributed by atoms with Gasteiger partial charge in [0.25, 0.3) is 0 Å². The van der Waals surface area contributed by atoms with Gasteiger partial charge in [0.15, 0.2) is 0 Å². The molecule has 1 atom stereocenters. The van der Waals surface area contributed by atoms with Crippen LogP contribution < -0.4 is 10.2 Å². The van der Waals surface area contributed by atoms with Gasteiger partial charge in [-0.15, -0.1) is 0 Å². The number of phenolic OH excluding ortho intramolecular Hbond substituents is 1. The minimum Gasteiger partial charge on any atom is -0.508 e. The quantitative estimate of drug-likeness (QED) is 0.817. The van der Waals surface area contributed by atoms with E-state index in [2.05, 4.69) is 17.3 Å². The van der Waals surface area contributed by atoms with Crippen molar-refractivity contribution < 1.29 is 5.11 Å². The predicted molar refractivity (Wildman–Crippen MR) is 67.0 cm³/mol. The van der Waals surface area contributed by atoms with Crippen LogP contribution in [0.3, 0.4) is 0 Å². The van der Waals surface area contributed by atoms with E-state index in [1.165, 1.54) is 19.3 Å². The van der Waals surface area contributed by atoms with Crippen molar-refractivity contribution in [2.75, 3.05) is 25.0 Å². The van der Waals surface area contributed by atoms with E-state index in [9.17, 15) is 5.11 Å². The second-order valence-electron chi connectivity index (χ2n) is 4.55. The van der Waals surface area contributed by atoms with Gasteiger partial charge in [-0.05, 0) is 31.5 Å². The SMILES string of the molecule is CN(CC1CCCCN1)c1cccc(O)c1. The first-order chi connectivity index (χ1) is 7.75.